The Kier molecular flexibility index (Phi) is 5.04. The van der Waals surface area contributed by atoms with Gasteiger partial charge in [0, 0.05) is 12.6 Å². The number of anilines is 1. The van der Waals surface area contributed by atoms with E-state index in [4.69, 9.17) is 4.74 Å². The lowest BCUT2D eigenvalue weighted by molar-refractivity contribution is -0.386. The predicted octanol–water partition coefficient (Wildman–Crippen LogP) is 3.02. The standard InChI is InChI=1S/C13H16N4O3S/c1-3-9-5-6-11(10(7-9)17(18)19)20-8-12-15-16-13(21-12)14-4-2/h5-7H,3-4,8H2,1-2H3,(H,14,16). The predicted molar refractivity (Wildman–Crippen MR) is 80.9 cm³/mol. The van der Waals surface area contributed by atoms with E-state index >= 15 is 0 Å². The number of ether oxygens (including phenoxy) is 1. The van der Waals surface area contributed by atoms with E-state index in [9.17, 15) is 10.1 Å². The van der Waals surface area contributed by atoms with Crippen molar-refractivity contribution < 1.29 is 9.66 Å². The Labute approximate surface area is 126 Å². The smallest absolute Gasteiger partial charge is 0.311 e. The van der Waals surface area contributed by atoms with Crippen molar-refractivity contribution in [2.45, 2.75) is 26.9 Å². The molecule has 8 heteroatoms. The number of hydrogen-bond donors (Lipinski definition) is 1. The average molecular weight is 308 g/mol. The third-order valence-electron chi connectivity index (χ3n) is 2.77. The minimum atomic E-state index is -0.432. The maximum atomic E-state index is 11.1. The zero-order valence-electron chi connectivity index (χ0n) is 11.8. The molecule has 1 aromatic carbocycles. The number of hydrogen-bond acceptors (Lipinski definition) is 7. The monoisotopic (exact) mass is 308 g/mol. The molecule has 2 aromatic rings. The Morgan fingerprint density at radius 3 is 2.86 bits per heavy atom. The largest absolute Gasteiger partial charge is 0.479 e. The molecule has 0 saturated heterocycles. The summed E-state index contributed by atoms with van der Waals surface area (Å²) in [6.45, 7) is 4.84. The Morgan fingerprint density at radius 2 is 2.19 bits per heavy atom. The van der Waals surface area contributed by atoms with Gasteiger partial charge in [-0.1, -0.05) is 24.3 Å². The van der Waals surface area contributed by atoms with E-state index in [2.05, 4.69) is 15.5 Å². The molecule has 21 heavy (non-hydrogen) atoms. The van der Waals surface area contributed by atoms with Crippen molar-refractivity contribution in [1.82, 2.24) is 10.2 Å². The number of nitro groups is 1. The topological polar surface area (TPSA) is 90.2 Å². The summed E-state index contributed by atoms with van der Waals surface area (Å²) in [5, 5.41) is 23.4. The van der Waals surface area contributed by atoms with Crippen molar-refractivity contribution in [3.63, 3.8) is 0 Å². The van der Waals surface area contributed by atoms with Crippen LogP contribution in [-0.2, 0) is 13.0 Å². The molecule has 0 radical (unpaired) electrons. The quantitative estimate of drug-likeness (QED) is 0.624. The second-order valence-corrected chi connectivity index (χ2v) is 5.29. The van der Waals surface area contributed by atoms with Gasteiger partial charge in [0.2, 0.25) is 5.13 Å². The van der Waals surface area contributed by atoms with Crippen LogP contribution >= 0.6 is 11.3 Å². The number of aromatic nitrogens is 2. The van der Waals surface area contributed by atoms with Gasteiger partial charge in [0.15, 0.2) is 10.8 Å². The summed E-state index contributed by atoms with van der Waals surface area (Å²) >= 11 is 1.37. The molecular weight excluding hydrogens is 292 g/mol. The zero-order valence-corrected chi connectivity index (χ0v) is 12.6. The van der Waals surface area contributed by atoms with E-state index in [0.29, 0.717) is 10.1 Å². The van der Waals surface area contributed by atoms with Crippen LogP contribution in [0.1, 0.15) is 24.4 Å². The van der Waals surface area contributed by atoms with Crippen molar-refractivity contribution >= 4 is 22.2 Å². The summed E-state index contributed by atoms with van der Waals surface area (Å²) in [7, 11) is 0. The molecule has 0 aliphatic heterocycles. The second-order valence-electron chi connectivity index (χ2n) is 4.23. The first-order valence-electron chi connectivity index (χ1n) is 6.60. The van der Waals surface area contributed by atoms with Crippen LogP contribution in [-0.4, -0.2) is 21.7 Å². The fourth-order valence-electron chi connectivity index (χ4n) is 1.72. The molecule has 0 saturated carbocycles. The molecule has 2 rings (SSSR count). The maximum absolute atomic E-state index is 11.1. The van der Waals surface area contributed by atoms with Gasteiger partial charge in [-0.3, -0.25) is 10.1 Å². The van der Waals surface area contributed by atoms with Crippen LogP contribution in [0.3, 0.4) is 0 Å². The summed E-state index contributed by atoms with van der Waals surface area (Å²) in [4.78, 5) is 10.6. The van der Waals surface area contributed by atoms with Gasteiger partial charge >= 0.3 is 5.69 Å². The zero-order chi connectivity index (χ0) is 15.2. The van der Waals surface area contributed by atoms with Crippen molar-refractivity contribution in [2.75, 3.05) is 11.9 Å². The first-order valence-corrected chi connectivity index (χ1v) is 7.42. The van der Waals surface area contributed by atoms with Crippen LogP contribution in [0, 0.1) is 10.1 Å². The van der Waals surface area contributed by atoms with Crippen LogP contribution in [0.15, 0.2) is 18.2 Å². The van der Waals surface area contributed by atoms with E-state index in [1.165, 1.54) is 11.3 Å². The van der Waals surface area contributed by atoms with E-state index in [0.717, 1.165) is 18.5 Å². The second kappa shape index (κ2) is 6.98. The Bertz CT molecular complexity index is 630. The molecule has 0 fully saturated rings. The SMILES string of the molecule is CCNc1nnc(COc2ccc(CC)cc2[N+](=O)[O-])s1. The molecule has 0 aliphatic carbocycles. The first kappa shape index (κ1) is 15.2. The molecule has 7 nitrogen and oxygen atoms in total. The molecule has 0 spiro atoms. The van der Waals surface area contributed by atoms with Gasteiger partial charge in [-0.2, -0.15) is 0 Å². The lowest BCUT2D eigenvalue weighted by Crippen LogP contribution is -1.99. The summed E-state index contributed by atoms with van der Waals surface area (Å²) < 4.78 is 5.51. The van der Waals surface area contributed by atoms with Gasteiger partial charge in [-0.05, 0) is 25.0 Å². The van der Waals surface area contributed by atoms with Crippen molar-refractivity contribution in [1.29, 1.82) is 0 Å². The number of benzene rings is 1. The molecule has 1 N–H and O–H groups in total. The molecule has 0 unspecified atom stereocenters. The van der Waals surface area contributed by atoms with Gasteiger partial charge in [0.05, 0.1) is 4.92 Å². The Morgan fingerprint density at radius 1 is 1.38 bits per heavy atom. The highest BCUT2D eigenvalue weighted by Crippen LogP contribution is 2.29. The van der Waals surface area contributed by atoms with Gasteiger partial charge in [0.25, 0.3) is 0 Å². The first-order chi connectivity index (χ1) is 10.1. The van der Waals surface area contributed by atoms with Crippen molar-refractivity contribution in [2.24, 2.45) is 0 Å². The van der Waals surface area contributed by atoms with Crippen molar-refractivity contribution in [3.8, 4) is 5.75 Å². The van der Waals surface area contributed by atoms with Gasteiger partial charge in [0.1, 0.15) is 6.61 Å². The third-order valence-corrected chi connectivity index (χ3v) is 3.63. The molecule has 0 amide bonds. The Balaban J connectivity index is 2.09. The highest BCUT2D eigenvalue weighted by molar-refractivity contribution is 7.15. The average Bonchev–Trinajstić information content (AvgIpc) is 2.93. The molecular formula is C13H16N4O3S. The third kappa shape index (κ3) is 3.88. The maximum Gasteiger partial charge on any atom is 0.311 e. The van der Waals surface area contributed by atoms with Crippen LogP contribution < -0.4 is 10.1 Å². The highest BCUT2D eigenvalue weighted by atomic mass is 32.1. The van der Waals surface area contributed by atoms with Gasteiger partial charge in [-0.25, -0.2) is 0 Å². The van der Waals surface area contributed by atoms with Crippen LogP contribution in [0.4, 0.5) is 10.8 Å². The van der Waals surface area contributed by atoms with Gasteiger partial charge < -0.3 is 10.1 Å². The van der Waals surface area contributed by atoms with Gasteiger partial charge in [-0.15, -0.1) is 10.2 Å². The summed E-state index contributed by atoms with van der Waals surface area (Å²) in [5.74, 6) is 0.248. The van der Waals surface area contributed by atoms with Crippen LogP contribution in [0.5, 0.6) is 5.75 Å². The van der Waals surface area contributed by atoms with E-state index in [1.54, 1.807) is 12.1 Å². The van der Waals surface area contributed by atoms with E-state index in [-0.39, 0.29) is 18.0 Å². The molecule has 0 bridgehead atoms. The molecule has 0 atom stereocenters. The number of nitrogens with zero attached hydrogens (tertiary/aromatic N) is 3. The minimum Gasteiger partial charge on any atom is -0.479 e. The molecule has 0 aliphatic rings. The minimum absolute atomic E-state index is 0.0224. The number of aryl methyl sites for hydroxylation is 1. The van der Waals surface area contributed by atoms with E-state index < -0.39 is 4.92 Å². The number of nitro benzene ring substituents is 1. The van der Waals surface area contributed by atoms with Crippen molar-refractivity contribution in [3.05, 3.63) is 38.9 Å². The lowest BCUT2D eigenvalue weighted by atomic mass is 10.1. The van der Waals surface area contributed by atoms with E-state index in [1.807, 2.05) is 19.9 Å². The lowest BCUT2D eigenvalue weighted by Gasteiger charge is -2.06. The number of rotatable bonds is 7. The normalized spacial score (nSPS) is 10.4. The van der Waals surface area contributed by atoms with Crippen LogP contribution in [0.25, 0.3) is 0 Å². The number of nitrogens with one attached hydrogen (secondary N) is 1. The van der Waals surface area contributed by atoms with Crippen LogP contribution in [0.2, 0.25) is 0 Å². The summed E-state index contributed by atoms with van der Waals surface area (Å²) in [5.41, 5.74) is 0.880. The molecule has 1 aromatic heterocycles. The molecule has 112 valence electrons. The highest BCUT2D eigenvalue weighted by Gasteiger charge is 2.16. The fraction of sp³-hybridized carbons (Fsp3) is 0.385. The Hall–Kier alpha value is -2.22. The summed E-state index contributed by atoms with van der Waals surface area (Å²) in [6.07, 6.45) is 0.740. The fourth-order valence-corrected chi connectivity index (χ4v) is 2.44. The molecule has 1 heterocycles. The summed E-state index contributed by atoms with van der Waals surface area (Å²) in [6, 6.07) is 5.00.